The van der Waals surface area contributed by atoms with Crippen molar-refractivity contribution in [2.75, 3.05) is 0 Å². The van der Waals surface area contributed by atoms with E-state index in [0.717, 1.165) is 33.5 Å². The molecule has 0 saturated carbocycles. The minimum atomic E-state index is -0.270. The number of aromatic nitrogens is 3. The summed E-state index contributed by atoms with van der Waals surface area (Å²) in [5.41, 5.74) is 10.9. The number of nitrogens with two attached hydrogens (primary N) is 1. The molecule has 0 aliphatic rings. The molecule has 0 bridgehead atoms. The molecule has 1 atom stereocenters. The van der Waals surface area contributed by atoms with Gasteiger partial charge in [0.15, 0.2) is 0 Å². The highest BCUT2D eigenvalue weighted by Gasteiger charge is 2.11. The Morgan fingerprint density at radius 3 is 2.55 bits per heavy atom. The SMILES string of the molecule is Cc1cnc(C(N)c2ccc3nc(C)ccc3c2)cn1. The van der Waals surface area contributed by atoms with Crippen molar-refractivity contribution in [1.29, 1.82) is 0 Å². The van der Waals surface area contributed by atoms with Gasteiger partial charge in [-0.2, -0.15) is 0 Å². The molecule has 2 heterocycles. The highest BCUT2D eigenvalue weighted by Crippen LogP contribution is 2.22. The smallest absolute Gasteiger partial charge is 0.0799 e. The molecule has 3 rings (SSSR count). The van der Waals surface area contributed by atoms with Crippen LogP contribution >= 0.6 is 0 Å². The number of pyridine rings is 1. The van der Waals surface area contributed by atoms with Gasteiger partial charge in [0.05, 0.1) is 29.1 Å². The molecule has 4 heteroatoms. The lowest BCUT2D eigenvalue weighted by Crippen LogP contribution is -2.14. The molecule has 2 N–H and O–H groups in total. The second kappa shape index (κ2) is 4.98. The van der Waals surface area contributed by atoms with Gasteiger partial charge >= 0.3 is 0 Å². The zero-order valence-electron chi connectivity index (χ0n) is 11.5. The molecule has 20 heavy (non-hydrogen) atoms. The predicted molar refractivity (Wildman–Crippen MR) is 79.3 cm³/mol. The first-order chi connectivity index (χ1) is 9.63. The second-order valence-electron chi connectivity index (χ2n) is 4.97. The minimum absolute atomic E-state index is 0.270. The number of aryl methyl sites for hydroxylation is 2. The summed E-state index contributed by atoms with van der Waals surface area (Å²) in [5, 5.41) is 1.09. The van der Waals surface area contributed by atoms with Crippen molar-refractivity contribution >= 4 is 10.9 Å². The summed E-state index contributed by atoms with van der Waals surface area (Å²) in [6, 6.07) is 9.86. The quantitative estimate of drug-likeness (QED) is 0.773. The Labute approximate surface area is 117 Å². The largest absolute Gasteiger partial charge is 0.319 e. The molecule has 2 aromatic heterocycles. The molecule has 0 aliphatic heterocycles. The molecular formula is C16H16N4. The fraction of sp³-hybridized carbons (Fsp3) is 0.188. The third kappa shape index (κ3) is 2.38. The number of rotatable bonds is 2. The van der Waals surface area contributed by atoms with Crippen LogP contribution in [0.15, 0.2) is 42.7 Å². The molecule has 0 radical (unpaired) electrons. The van der Waals surface area contributed by atoms with Gasteiger partial charge < -0.3 is 5.73 Å². The van der Waals surface area contributed by atoms with Crippen LogP contribution in [0.3, 0.4) is 0 Å². The van der Waals surface area contributed by atoms with Crippen molar-refractivity contribution in [1.82, 2.24) is 15.0 Å². The van der Waals surface area contributed by atoms with Crippen molar-refractivity contribution in [2.24, 2.45) is 5.73 Å². The molecule has 1 unspecified atom stereocenters. The summed E-state index contributed by atoms with van der Waals surface area (Å²) in [6.45, 7) is 3.90. The first kappa shape index (κ1) is 12.7. The second-order valence-corrected chi connectivity index (χ2v) is 4.97. The van der Waals surface area contributed by atoms with Crippen molar-refractivity contribution in [3.63, 3.8) is 0 Å². The summed E-state index contributed by atoms with van der Waals surface area (Å²) < 4.78 is 0. The first-order valence-electron chi connectivity index (χ1n) is 6.55. The normalized spacial score (nSPS) is 12.6. The zero-order chi connectivity index (χ0) is 14.1. The van der Waals surface area contributed by atoms with E-state index in [4.69, 9.17) is 5.73 Å². The first-order valence-corrected chi connectivity index (χ1v) is 6.55. The molecule has 0 amide bonds. The Bertz CT molecular complexity index is 750. The fourth-order valence-corrected chi connectivity index (χ4v) is 2.17. The van der Waals surface area contributed by atoms with E-state index in [9.17, 15) is 0 Å². The maximum Gasteiger partial charge on any atom is 0.0799 e. The number of hydrogen-bond acceptors (Lipinski definition) is 4. The van der Waals surface area contributed by atoms with Crippen LogP contribution in [-0.2, 0) is 0 Å². The van der Waals surface area contributed by atoms with Crippen molar-refractivity contribution in [3.05, 3.63) is 65.4 Å². The van der Waals surface area contributed by atoms with Gasteiger partial charge in [-0.1, -0.05) is 12.1 Å². The highest BCUT2D eigenvalue weighted by molar-refractivity contribution is 5.79. The average molecular weight is 264 g/mol. The van der Waals surface area contributed by atoms with E-state index in [1.165, 1.54) is 0 Å². The van der Waals surface area contributed by atoms with E-state index in [2.05, 4.69) is 27.1 Å². The highest BCUT2D eigenvalue weighted by atomic mass is 14.8. The average Bonchev–Trinajstić information content (AvgIpc) is 2.47. The van der Waals surface area contributed by atoms with Gasteiger partial charge in [0, 0.05) is 17.3 Å². The van der Waals surface area contributed by atoms with Crippen LogP contribution in [0, 0.1) is 13.8 Å². The monoisotopic (exact) mass is 264 g/mol. The van der Waals surface area contributed by atoms with Crippen molar-refractivity contribution in [2.45, 2.75) is 19.9 Å². The summed E-state index contributed by atoms with van der Waals surface area (Å²) in [6.07, 6.45) is 3.47. The lowest BCUT2D eigenvalue weighted by molar-refractivity contribution is 0.814. The van der Waals surface area contributed by atoms with E-state index in [-0.39, 0.29) is 6.04 Å². The van der Waals surface area contributed by atoms with Gasteiger partial charge in [0.1, 0.15) is 0 Å². The van der Waals surface area contributed by atoms with Crippen LogP contribution in [0.25, 0.3) is 10.9 Å². The number of fused-ring (bicyclic) bond motifs is 1. The van der Waals surface area contributed by atoms with E-state index in [0.29, 0.717) is 0 Å². The molecule has 4 nitrogen and oxygen atoms in total. The Kier molecular flexibility index (Phi) is 3.16. The van der Waals surface area contributed by atoms with Crippen LogP contribution in [-0.4, -0.2) is 15.0 Å². The standard InChI is InChI=1S/C16H16N4/c1-10-3-4-12-7-13(5-6-14(12)20-10)16(17)15-9-18-11(2)8-19-15/h3-9,16H,17H2,1-2H3. The summed E-state index contributed by atoms with van der Waals surface area (Å²) in [7, 11) is 0. The Morgan fingerprint density at radius 2 is 1.80 bits per heavy atom. The molecule has 1 aromatic carbocycles. The van der Waals surface area contributed by atoms with Crippen molar-refractivity contribution < 1.29 is 0 Å². The lowest BCUT2D eigenvalue weighted by Gasteiger charge is -2.12. The van der Waals surface area contributed by atoms with Gasteiger partial charge in [-0.05, 0) is 37.6 Å². The van der Waals surface area contributed by atoms with E-state index in [1.54, 1.807) is 12.4 Å². The molecule has 0 saturated heterocycles. The van der Waals surface area contributed by atoms with Crippen molar-refractivity contribution in [3.8, 4) is 0 Å². The van der Waals surface area contributed by atoms with Crippen LogP contribution in [0.1, 0.15) is 28.7 Å². The van der Waals surface area contributed by atoms with Crippen LogP contribution in [0.5, 0.6) is 0 Å². The lowest BCUT2D eigenvalue weighted by atomic mass is 10.0. The van der Waals surface area contributed by atoms with Gasteiger partial charge in [-0.25, -0.2) is 0 Å². The van der Waals surface area contributed by atoms with Gasteiger partial charge in [0.2, 0.25) is 0 Å². The molecule has 0 aliphatic carbocycles. The Balaban J connectivity index is 2.01. The molecule has 0 fully saturated rings. The van der Waals surface area contributed by atoms with E-state index < -0.39 is 0 Å². The topological polar surface area (TPSA) is 64.7 Å². The summed E-state index contributed by atoms with van der Waals surface area (Å²) in [5.74, 6) is 0. The third-order valence-corrected chi connectivity index (χ3v) is 3.33. The fourth-order valence-electron chi connectivity index (χ4n) is 2.17. The van der Waals surface area contributed by atoms with E-state index >= 15 is 0 Å². The maximum absolute atomic E-state index is 6.26. The number of hydrogen-bond donors (Lipinski definition) is 1. The van der Waals surface area contributed by atoms with Crippen LogP contribution < -0.4 is 5.73 Å². The Morgan fingerprint density at radius 1 is 0.950 bits per heavy atom. The maximum atomic E-state index is 6.26. The molecule has 100 valence electrons. The summed E-state index contributed by atoms with van der Waals surface area (Å²) >= 11 is 0. The summed E-state index contributed by atoms with van der Waals surface area (Å²) in [4.78, 5) is 13.1. The predicted octanol–water partition coefficient (Wildman–Crippen LogP) is 2.69. The van der Waals surface area contributed by atoms with Crippen LogP contribution in [0.4, 0.5) is 0 Å². The van der Waals surface area contributed by atoms with Crippen LogP contribution in [0.2, 0.25) is 0 Å². The van der Waals surface area contributed by atoms with Gasteiger partial charge in [-0.15, -0.1) is 0 Å². The number of nitrogens with zero attached hydrogens (tertiary/aromatic N) is 3. The third-order valence-electron chi connectivity index (χ3n) is 3.33. The number of benzene rings is 1. The van der Waals surface area contributed by atoms with Gasteiger partial charge in [-0.3, -0.25) is 15.0 Å². The molecular weight excluding hydrogens is 248 g/mol. The zero-order valence-corrected chi connectivity index (χ0v) is 11.5. The minimum Gasteiger partial charge on any atom is -0.319 e. The molecule has 3 aromatic rings. The molecule has 0 spiro atoms. The van der Waals surface area contributed by atoms with Gasteiger partial charge in [0.25, 0.3) is 0 Å². The Hall–Kier alpha value is -2.33. The van der Waals surface area contributed by atoms with E-state index in [1.807, 2.05) is 32.0 Å².